The first-order valence-corrected chi connectivity index (χ1v) is 7.61. The molecule has 0 saturated heterocycles. The summed E-state index contributed by atoms with van der Waals surface area (Å²) in [6, 6.07) is 10.9. The molecule has 0 fully saturated rings. The molecule has 1 nitrogen and oxygen atoms in total. The summed E-state index contributed by atoms with van der Waals surface area (Å²) < 4.78 is 1.39. The Morgan fingerprint density at radius 2 is 2.19 bits per heavy atom. The standard InChI is InChI=1S/C13H17NS2/c1-10(15-2)8-14-9-12-7-11-5-3-4-6-13(11)16-12/h3-7,10,14H,8-9H2,1-2H3. The zero-order valence-corrected chi connectivity index (χ0v) is 11.3. The van der Waals surface area contributed by atoms with Crippen LogP contribution < -0.4 is 5.32 Å². The highest BCUT2D eigenvalue weighted by molar-refractivity contribution is 7.99. The van der Waals surface area contributed by atoms with Crippen molar-refractivity contribution < 1.29 is 0 Å². The summed E-state index contributed by atoms with van der Waals surface area (Å²) in [7, 11) is 0. The van der Waals surface area contributed by atoms with E-state index in [9.17, 15) is 0 Å². The molecular formula is C13H17NS2. The van der Waals surface area contributed by atoms with Crippen molar-refractivity contribution in [3.8, 4) is 0 Å². The van der Waals surface area contributed by atoms with Crippen LogP contribution in [0.15, 0.2) is 30.3 Å². The van der Waals surface area contributed by atoms with Gasteiger partial charge in [0.2, 0.25) is 0 Å². The Morgan fingerprint density at radius 1 is 1.38 bits per heavy atom. The maximum atomic E-state index is 3.50. The Kier molecular flexibility index (Phi) is 4.27. The fraction of sp³-hybridized carbons (Fsp3) is 0.385. The molecule has 3 heteroatoms. The van der Waals surface area contributed by atoms with Crippen molar-refractivity contribution in [2.24, 2.45) is 0 Å². The summed E-state index contributed by atoms with van der Waals surface area (Å²) in [5.41, 5.74) is 0. The molecule has 0 radical (unpaired) electrons. The molecule has 2 aromatic rings. The van der Waals surface area contributed by atoms with E-state index < -0.39 is 0 Å². The van der Waals surface area contributed by atoms with Gasteiger partial charge in [0.15, 0.2) is 0 Å². The van der Waals surface area contributed by atoms with Gasteiger partial charge in [-0.2, -0.15) is 11.8 Å². The predicted molar refractivity (Wildman–Crippen MR) is 76.5 cm³/mol. The highest BCUT2D eigenvalue weighted by Gasteiger charge is 2.02. The van der Waals surface area contributed by atoms with Crippen LogP contribution in [0.2, 0.25) is 0 Å². The molecule has 1 aromatic heterocycles. The van der Waals surface area contributed by atoms with E-state index >= 15 is 0 Å². The number of benzene rings is 1. The fourth-order valence-electron chi connectivity index (χ4n) is 1.61. The van der Waals surface area contributed by atoms with E-state index in [2.05, 4.69) is 48.8 Å². The van der Waals surface area contributed by atoms with Crippen molar-refractivity contribution in [3.63, 3.8) is 0 Å². The average molecular weight is 251 g/mol. The third-order valence-electron chi connectivity index (χ3n) is 2.61. The van der Waals surface area contributed by atoms with Gasteiger partial charge in [-0.1, -0.05) is 25.1 Å². The van der Waals surface area contributed by atoms with Crippen LogP contribution in [0.3, 0.4) is 0 Å². The largest absolute Gasteiger partial charge is 0.311 e. The molecule has 1 heterocycles. The fourth-order valence-corrected chi connectivity index (χ4v) is 2.92. The van der Waals surface area contributed by atoms with E-state index in [-0.39, 0.29) is 0 Å². The monoisotopic (exact) mass is 251 g/mol. The van der Waals surface area contributed by atoms with Crippen molar-refractivity contribution in [2.45, 2.75) is 18.7 Å². The smallest absolute Gasteiger partial charge is 0.0346 e. The van der Waals surface area contributed by atoms with Crippen molar-refractivity contribution in [2.75, 3.05) is 12.8 Å². The molecule has 86 valence electrons. The van der Waals surface area contributed by atoms with Gasteiger partial charge in [-0.25, -0.2) is 0 Å². The van der Waals surface area contributed by atoms with Crippen molar-refractivity contribution in [1.82, 2.24) is 5.32 Å². The molecule has 1 N–H and O–H groups in total. The van der Waals surface area contributed by atoms with Crippen LogP contribution in [0.25, 0.3) is 10.1 Å². The first-order valence-electron chi connectivity index (χ1n) is 5.50. The van der Waals surface area contributed by atoms with E-state index in [0.29, 0.717) is 5.25 Å². The molecule has 0 aliphatic heterocycles. The Hall–Kier alpha value is -0.510. The number of nitrogens with one attached hydrogen (secondary N) is 1. The Morgan fingerprint density at radius 3 is 2.94 bits per heavy atom. The van der Waals surface area contributed by atoms with Gasteiger partial charge >= 0.3 is 0 Å². The van der Waals surface area contributed by atoms with Gasteiger partial charge in [0.05, 0.1) is 0 Å². The Balaban J connectivity index is 1.94. The van der Waals surface area contributed by atoms with Gasteiger partial charge in [0.25, 0.3) is 0 Å². The maximum absolute atomic E-state index is 3.50. The predicted octanol–water partition coefficient (Wildman–Crippen LogP) is 3.74. The second-order valence-corrected chi connectivity index (χ2v) is 6.37. The second-order valence-electron chi connectivity index (χ2n) is 3.93. The molecular weight excluding hydrogens is 234 g/mol. The van der Waals surface area contributed by atoms with Gasteiger partial charge in [-0.05, 0) is 23.8 Å². The van der Waals surface area contributed by atoms with Gasteiger partial charge in [0, 0.05) is 27.9 Å². The molecule has 0 saturated carbocycles. The quantitative estimate of drug-likeness (QED) is 0.868. The molecule has 0 spiro atoms. The lowest BCUT2D eigenvalue weighted by molar-refractivity contribution is 0.691. The van der Waals surface area contributed by atoms with Crippen molar-refractivity contribution >= 4 is 33.2 Å². The molecule has 0 amide bonds. The molecule has 1 aromatic carbocycles. The van der Waals surface area contributed by atoms with E-state index in [4.69, 9.17) is 0 Å². The lowest BCUT2D eigenvalue weighted by Gasteiger charge is -2.08. The van der Waals surface area contributed by atoms with Crippen molar-refractivity contribution in [1.29, 1.82) is 0 Å². The first kappa shape index (κ1) is 12.0. The summed E-state index contributed by atoms with van der Waals surface area (Å²) in [5.74, 6) is 0. The molecule has 1 atom stereocenters. The number of thioether (sulfide) groups is 1. The summed E-state index contributed by atoms with van der Waals surface area (Å²) in [4.78, 5) is 1.43. The lowest BCUT2D eigenvalue weighted by atomic mass is 10.2. The highest BCUT2D eigenvalue weighted by atomic mass is 32.2. The Bertz CT molecular complexity index is 417. The Labute approximate surface area is 105 Å². The molecule has 0 bridgehead atoms. The van der Waals surface area contributed by atoms with Crippen LogP contribution >= 0.6 is 23.1 Å². The minimum Gasteiger partial charge on any atom is -0.311 e. The van der Waals surface area contributed by atoms with Gasteiger partial charge in [0.1, 0.15) is 0 Å². The normalized spacial score (nSPS) is 13.1. The first-order chi connectivity index (χ1) is 7.79. The van der Waals surface area contributed by atoms with E-state index in [1.807, 2.05) is 23.1 Å². The summed E-state index contributed by atoms with van der Waals surface area (Å²) in [5, 5.41) is 5.56. The van der Waals surface area contributed by atoms with Crippen LogP contribution in [0.5, 0.6) is 0 Å². The van der Waals surface area contributed by atoms with Crippen LogP contribution in [-0.4, -0.2) is 18.1 Å². The summed E-state index contributed by atoms with van der Waals surface area (Å²) >= 11 is 3.79. The van der Waals surface area contributed by atoms with E-state index in [1.165, 1.54) is 15.0 Å². The van der Waals surface area contributed by atoms with E-state index in [1.54, 1.807) is 0 Å². The van der Waals surface area contributed by atoms with Crippen LogP contribution in [0.4, 0.5) is 0 Å². The lowest BCUT2D eigenvalue weighted by Crippen LogP contribution is -2.21. The third kappa shape index (κ3) is 3.00. The number of hydrogen-bond acceptors (Lipinski definition) is 3. The van der Waals surface area contributed by atoms with Crippen LogP contribution in [0, 0.1) is 0 Å². The minimum atomic E-state index is 0.689. The topological polar surface area (TPSA) is 12.0 Å². The van der Waals surface area contributed by atoms with Crippen LogP contribution in [-0.2, 0) is 6.54 Å². The highest BCUT2D eigenvalue weighted by Crippen LogP contribution is 2.24. The van der Waals surface area contributed by atoms with Crippen LogP contribution in [0.1, 0.15) is 11.8 Å². The molecule has 2 rings (SSSR count). The second kappa shape index (κ2) is 5.71. The minimum absolute atomic E-state index is 0.689. The average Bonchev–Trinajstić information content (AvgIpc) is 2.71. The number of thiophene rings is 1. The SMILES string of the molecule is CSC(C)CNCc1cc2ccccc2s1. The zero-order chi connectivity index (χ0) is 11.4. The van der Waals surface area contributed by atoms with E-state index in [0.717, 1.165) is 13.1 Å². The van der Waals surface area contributed by atoms with Crippen molar-refractivity contribution in [3.05, 3.63) is 35.2 Å². The molecule has 0 aliphatic carbocycles. The molecule has 0 aliphatic rings. The van der Waals surface area contributed by atoms with Gasteiger partial charge in [-0.15, -0.1) is 11.3 Å². The summed E-state index contributed by atoms with van der Waals surface area (Å²) in [6.07, 6.45) is 2.16. The number of hydrogen-bond donors (Lipinski definition) is 1. The maximum Gasteiger partial charge on any atom is 0.0346 e. The van der Waals surface area contributed by atoms with Gasteiger partial charge in [-0.3, -0.25) is 0 Å². The molecule has 16 heavy (non-hydrogen) atoms. The third-order valence-corrected chi connectivity index (χ3v) is 4.70. The van der Waals surface area contributed by atoms with Gasteiger partial charge < -0.3 is 5.32 Å². The molecule has 1 unspecified atom stereocenters. The summed E-state index contributed by atoms with van der Waals surface area (Å²) in [6.45, 7) is 4.32. The number of fused-ring (bicyclic) bond motifs is 1. The zero-order valence-electron chi connectivity index (χ0n) is 9.69. The number of rotatable bonds is 5.